The molecular weight excluding hydrogens is 858 g/mol. The van der Waals surface area contributed by atoms with Crippen molar-refractivity contribution in [3.8, 4) is 11.5 Å². The largest absolute Gasteiger partial charge is 0.479 e. The van der Waals surface area contributed by atoms with E-state index in [0.29, 0.717) is 83.9 Å². The highest BCUT2D eigenvalue weighted by Crippen LogP contribution is 2.66. The summed E-state index contributed by atoms with van der Waals surface area (Å²) in [5, 5.41) is 11.5. The van der Waals surface area contributed by atoms with Crippen molar-refractivity contribution in [3.63, 3.8) is 0 Å². The molecule has 18 heteroatoms. The van der Waals surface area contributed by atoms with Gasteiger partial charge in [0.05, 0.1) is 33.0 Å². The molecule has 1 spiro atoms. The minimum atomic E-state index is -4.59. The summed E-state index contributed by atoms with van der Waals surface area (Å²) in [4.78, 5) is 38.9. The van der Waals surface area contributed by atoms with Crippen molar-refractivity contribution < 1.29 is 50.2 Å². The Labute approximate surface area is 357 Å². The normalized spacial score (nSPS) is 20.4. The molecule has 6 heterocycles. The average molecular weight is 901 g/mol. The number of aliphatic carboxylic acids is 1. The number of hydrogen-bond acceptors (Lipinski definition) is 10. The molecule has 0 bridgehead atoms. The molecule has 6 aliphatic heterocycles. The molecule has 60 heavy (non-hydrogen) atoms. The second-order valence-electron chi connectivity index (χ2n) is 18.0. The van der Waals surface area contributed by atoms with E-state index in [4.69, 9.17) is 32.8 Å². The molecular formula is C42H43Cl2N3O11S2. The molecule has 1 amide bonds. The summed E-state index contributed by atoms with van der Waals surface area (Å²) in [5.74, 6) is -3.05. The Hall–Kier alpha value is -4.16. The fraction of sp³-hybridized carbons (Fsp3) is 0.429. The van der Waals surface area contributed by atoms with E-state index in [9.17, 15) is 35.8 Å². The number of hydrogen-bond donors (Lipinski definition) is 3. The molecule has 0 radical (unpaired) electrons. The zero-order valence-corrected chi connectivity index (χ0v) is 36.8. The minimum Gasteiger partial charge on any atom is -0.479 e. The number of fused-ring (bicyclic) bond motifs is 8. The Kier molecular flexibility index (Phi) is 8.89. The van der Waals surface area contributed by atoms with Crippen LogP contribution in [0.3, 0.4) is 0 Å². The van der Waals surface area contributed by atoms with Gasteiger partial charge in [0.2, 0.25) is 0 Å². The van der Waals surface area contributed by atoms with E-state index in [0.717, 1.165) is 5.06 Å². The SMILES string of the molecule is CC(C)(ON1C(=O)c2c(Cl)ccc(Cl)c2C12c1cc3c4c(c1Oc1c2cc2c5c1CCCN5C(C)(C)C=C2CS(=O)(=O)O)CCCN4C(C)(C)C=C3CS(=O)(=O)O)C(=O)O. The minimum absolute atomic E-state index is 0.00837. The number of amides is 1. The first-order valence-electron chi connectivity index (χ1n) is 19.5. The van der Waals surface area contributed by atoms with Crippen LogP contribution in [0.5, 0.6) is 11.5 Å². The summed E-state index contributed by atoms with van der Waals surface area (Å²) in [7, 11) is -9.18. The van der Waals surface area contributed by atoms with Crippen LogP contribution in [0, 0.1) is 0 Å². The quantitative estimate of drug-likeness (QED) is 0.201. The molecule has 9 rings (SSSR count). The number of carboxylic acids is 1. The van der Waals surface area contributed by atoms with Crippen molar-refractivity contribution in [1.82, 2.24) is 5.06 Å². The summed E-state index contributed by atoms with van der Waals surface area (Å²) in [5.41, 5.74) is -0.712. The summed E-state index contributed by atoms with van der Waals surface area (Å²) >= 11 is 14.2. The van der Waals surface area contributed by atoms with Crippen LogP contribution < -0.4 is 14.5 Å². The van der Waals surface area contributed by atoms with E-state index in [1.54, 1.807) is 24.3 Å². The van der Waals surface area contributed by atoms with Crippen molar-refractivity contribution in [2.75, 3.05) is 34.4 Å². The molecule has 0 saturated heterocycles. The molecule has 0 saturated carbocycles. The highest BCUT2D eigenvalue weighted by Gasteiger charge is 2.63. The first-order chi connectivity index (χ1) is 27.8. The molecule has 3 aromatic rings. The number of hydroxylamine groups is 2. The van der Waals surface area contributed by atoms with Crippen LogP contribution in [0.4, 0.5) is 11.4 Å². The third-order valence-electron chi connectivity index (χ3n) is 12.7. The maximum absolute atomic E-state index is 15.2. The molecule has 6 aliphatic rings. The standard InChI is InChI=1S/C42H43Cl2N3O11S2/c1-39(2)17-21(19-59(51,52)53)25-15-27-35(23-9-7-13-45(39)33(23)25)57-36-24-10-8-14-46-34(24)26(22(18-40(46,3)4)20-60(54,55)56)16-28(36)42(27)32-30(44)12-11-29(43)31(32)37(48)47(42)58-41(5,6)38(49)50/h11-12,15-18H,7-10,13-14,19-20H2,1-6H3,(H,49,50)(H,51,52,53)(H,54,55,56). The Morgan fingerprint density at radius 2 is 1.27 bits per heavy atom. The van der Waals surface area contributed by atoms with Crippen LogP contribution in [0.2, 0.25) is 10.0 Å². The molecule has 0 fully saturated rings. The fourth-order valence-electron chi connectivity index (χ4n) is 10.3. The Morgan fingerprint density at radius 3 is 1.70 bits per heavy atom. The van der Waals surface area contributed by atoms with Gasteiger partial charge in [0, 0.05) is 57.1 Å². The van der Waals surface area contributed by atoms with Gasteiger partial charge in [0.15, 0.2) is 11.1 Å². The Bertz CT molecular complexity index is 2680. The topological polar surface area (TPSA) is 191 Å². The summed E-state index contributed by atoms with van der Waals surface area (Å²) in [6.45, 7) is 11.6. The van der Waals surface area contributed by atoms with Gasteiger partial charge in [-0.2, -0.15) is 21.9 Å². The number of carbonyl (C=O) groups is 2. The molecule has 0 unspecified atom stereocenters. The Balaban J connectivity index is 1.49. The first kappa shape index (κ1) is 41.2. The van der Waals surface area contributed by atoms with E-state index in [1.165, 1.54) is 26.0 Å². The lowest BCUT2D eigenvalue weighted by atomic mass is 9.70. The number of rotatable bonds is 7. The summed E-state index contributed by atoms with van der Waals surface area (Å²) < 4.78 is 78.6. The highest BCUT2D eigenvalue weighted by molar-refractivity contribution is 7.86. The van der Waals surface area contributed by atoms with E-state index < -0.39 is 65.8 Å². The summed E-state index contributed by atoms with van der Waals surface area (Å²) in [6, 6.07) is 6.36. The van der Waals surface area contributed by atoms with Gasteiger partial charge in [-0.05, 0) is 103 Å². The number of carboxylic acid groups (broad SMARTS) is 1. The van der Waals surface area contributed by atoms with Gasteiger partial charge in [-0.25, -0.2) is 4.79 Å². The predicted octanol–water partition coefficient (Wildman–Crippen LogP) is 7.27. The van der Waals surface area contributed by atoms with Crippen LogP contribution in [-0.4, -0.2) is 89.3 Å². The highest BCUT2D eigenvalue weighted by atomic mass is 35.5. The average Bonchev–Trinajstić information content (AvgIpc) is 3.37. The van der Waals surface area contributed by atoms with Crippen molar-refractivity contribution in [3.05, 3.63) is 91.0 Å². The first-order valence-corrected chi connectivity index (χ1v) is 23.5. The molecule has 3 N–H and O–H groups in total. The second kappa shape index (κ2) is 12.9. The third kappa shape index (κ3) is 5.88. The number of nitrogens with zero attached hydrogens (tertiary/aromatic N) is 3. The van der Waals surface area contributed by atoms with Crippen molar-refractivity contribution in [2.24, 2.45) is 0 Å². The van der Waals surface area contributed by atoms with Crippen LogP contribution in [-0.2, 0) is 48.2 Å². The van der Waals surface area contributed by atoms with Crippen molar-refractivity contribution in [2.45, 2.75) is 89.4 Å². The molecule has 318 valence electrons. The number of benzene rings is 3. The zero-order chi connectivity index (χ0) is 43.4. The Morgan fingerprint density at radius 1 is 0.817 bits per heavy atom. The summed E-state index contributed by atoms with van der Waals surface area (Å²) in [6.07, 6.45) is 5.81. The smallest absolute Gasteiger partial charge is 0.338 e. The van der Waals surface area contributed by atoms with E-state index in [-0.39, 0.29) is 43.4 Å². The maximum Gasteiger partial charge on any atom is 0.338 e. The van der Waals surface area contributed by atoms with Gasteiger partial charge >= 0.3 is 5.97 Å². The lowest BCUT2D eigenvalue weighted by molar-refractivity contribution is -0.237. The van der Waals surface area contributed by atoms with Gasteiger partial charge in [0.25, 0.3) is 26.1 Å². The number of ether oxygens (including phenoxy) is 1. The monoisotopic (exact) mass is 899 g/mol. The number of halogens is 2. The van der Waals surface area contributed by atoms with Gasteiger partial charge in [-0.3, -0.25) is 18.7 Å². The van der Waals surface area contributed by atoms with E-state index in [2.05, 4.69) is 9.80 Å². The second-order valence-corrected chi connectivity index (χ2v) is 21.7. The maximum atomic E-state index is 15.2. The van der Waals surface area contributed by atoms with Gasteiger partial charge in [0.1, 0.15) is 23.0 Å². The van der Waals surface area contributed by atoms with Crippen LogP contribution in [0.25, 0.3) is 11.1 Å². The molecule has 0 atom stereocenters. The van der Waals surface area contributed by atoms with Gasteiger partial charge < -0.3 is 19.6 Å². The van der Waals surface area contributed by atoms with E-state index in [1.807, 2.05) is 27.7 Å². The fourth-order valence-corrected chi connectivity index (χ4v) is 12.1. The predicted molar refractivity (Wildman–Crippen MR) is 227 cm³/mol. The van der Waals surface area contributed by atoms with Crippen LogP contribution >= 0.6 is 23.2 Å². The third-order valence-corrected chi connectivity index (χ3v) is 14.6. The van der Waals surface area contributed by atoms with Crippen molar-refractivity contribution in [1.29, 1.82) is 0 Å². The molecule has 14 nitrogen and oxygen atoms in total. The van der Waals surface area contributed by atoms with E-state index >= 15 is 4.79 Å². The van der Waals surface area contributed by atoms with Crippen LogP contribution in [0.15, 0.2) is 36.4 Å². The molecule has 0 aromatic heterocycles. The van der Waals surface area contributed by atoms with Crippen LogP contribution in [0.1, 0.15) is 104 Å². The molecule has 3 aromatic carbocycles. The number of anilines is 2. The molecule has 0 aliphatic carbocycles. The number of carbonyl (C=O) groups excluding carboxylic acids is 1. The van der Waals surface area contributed by atoms with Gasteiger partial charge in [-0.1, -0.05) is 35.4 Å². The zero-order valence-electron chi connectivity index (χ0n) is 33.6. The van der Waals surface area contributed by atoms with Crippen molar-refractivity contribution >= 4 is 77.8 Å². The lowest BCUT2D eigenvalue weighted by Crippen LogP contribution is -2.54. The lowest BCUT2D eigenvalue weighted by Gasteiger charge is -2.52. The van der Waals surface area contributed by atoms with Gasteiger partial charge in [-0.15, -0.1) is 0 Å².